The monoisotopic (exact) mass is 278 g/mol. The van der Waals surface area contributed by atoms with E-state index in [1.165, 1.54) is 27.5 Å². The van der Waals surface area contributed by atoms with E-state index in [9.17, 15) is 0 Å². The molecule has 0 spiro atoms. The molecular formula is C14H18N2S2. The molecule has 2 nitrogen and oxygen atoms in total. The SMILES string of the molecule is NCc1ccc(CN(Cc2cccs2)C2CC2)s1. The van der Waals surface area contributed by atoms with E-state index in [0.717, 1.165) is 19.1 Å². The first-order valence-electron chi connectivity index (χ1n) is 6.39. The number of thiophene rings is 2. The maximum atomic E-state index is 5.67. The predicted molar refractivity (Wildman–Crippen MR) is 78.8 cm³/mol. The van der Waals surface area contributed by atoms with Gasteiger partial charge < -0.3 is 5.73 Å². The topological polar surface area (TPSA) is 29.3 Å². The Morgan fingerprint density at radius 1 is 1.11 bits per heavy atom. The smallest absolute Gasteiger partial charge is 0.0334 e. The molecule has 0 amide bonds. The van der Waals surface area contributed by atoms with Gasteiger partial charge in [0, 0.05) is 40.3 Å². The van der Waals surface area contributed by atoms with Crippen LogP contribution in [0.3, 0.4) is 0 Å². The molecule has 0 atom stereocenters. The van der Waals surface area contributed by atoms with E-state index in [1.54, 1.807) is 0 Å². The fraction of sp³-hybridized carbons (Fsp3) is 0.429. The summed E-state index contributed by atoms with van der Waals surface area (Å²) in [4.78, 5) is 6.81. The summed E-state index contributed by atoms with van der Waals surface area (Å²) >= 11 is 3.71. The molecule has 2 heterocycles. The molecule has 1 saturated carbocycles. The standard InChI is InChI=1S/C14H18N2S2/c15-8-12-5-6-14(18-12)10-16(11-3-4-11)9-13-2-1-7-17-13/h1-2,5-7,11H,3-4,8-10,15H2. The van der Waals surface area contributed by atoms with Gasteiger partial charge >= 0.3 is 0 Å². The number of hydrogen-bond acceptors (Lipinski definition) is 4. The lowest BCUT2D eigenvalue weighted by molar-refractivity contribution is 0.250. The highest BCUT2D eigenvalue weighted by Crippen LogP contribution is 2.31. The van der Waals surface area contributed by atoms with E-state index in [1.807, 2.05) is 22.7 Å². The van der Waals surface area contributed by atoms with E-state index >= 15 is 0 Å². The Morgan fingerprint density at radius 3 is 2.50 bits per heavy atom. The molecule has 0 radical (unpaired) electrons. The van der Waals surface area contributed by atoms with Crippen LogP contribution < -0.4 is 5.73 Å². The first kappa shape index (κ1) is 12.4. The Bertz CT molecular complexity index is 486. The molecule has 0 bridgehead atoms. The molecule has 18 heavy (non-hydrogen) atoms. The average Bonchev–Trinajstić information content (AvgIpc) is 2.92. The highest BCUT2D eigenvalue weighted by Gasteiger charge is 2.29. The molecular weight excluding hydrogens is 260 g/mol. The number of nitrogens with zero attached hydrogens (tertiary/aromatic N) is 1. The summed E-state index contributed by atoms with van der Waals surface area (Å²) in [5, 5.41) is 2.16. The Hall–Kier alpha value is -0.680. The zero-order valence-electron chi connectivity index (χ0n) is 10.3. The molecule has 0 aliphatic heterocycles. The first-order chi connectivity index (χ1) is 8.85. The van der Waals surface area contributed by atoms with Crippen LogP contribution in [0.4, 0.5) is 0 Å². The second-order valence-corrected chi connectivity index (χ2v) is 7.07. The maximum Gasteiger partial charge on any atom is 0.0334 e. The van der Waals surface area contributed by atoms with Gasteiger partial charge in [-0.2, -0.15) is 0 Å². The summed E-state index contributed by atoms with van der Waals surface area (Å²) in [6, 6.07) is 9.57. The first-order valence-corrected chi connectivity index (χ1v) is 8.09. The fourth-order valence-electron chi connectivity index (χ4n) is 2.17. The summed E-state index contributed by atoms with van der Waals surface area (Å²) in [5.41, 5.74) is 5.67. The predicted octanol–water partition coefficient (Wildman–Crippen LogP) is 3.43. The van der Waals surface area contributed by atoms with Crippen LogP contribution >= 0.6 is 22.7 Å². The van der Waals surface area contributed by atoms with Gasteiger partial charge in [0.2, 0.25) is 0 Å². The number of nitrogens with two attached hydrogens (primary N) is 1. The molecule has 96 valence electrons. The zero-order valence-corrected chi connectivity index (χ0v) is 12.0. The quantitative estimate of drug-likeness (QED) is 0.877. The highest BCUT2D eigenvalue weighted by atomic mass is 32.1. The van der Waals surface area contributed by atoms with Crippen LogP contribution in [0, 0.1) is 0 Å². The second kappa shape index (κ2) is 5.53. The molecule has 0 aromatic carbocycles. The van der Waals surface area contributed by atoms with Gasteiger partial charge in [-0.25, -0.2) is 0 Å². The lowest BCUT2D eigenvalue weighted by Gasteiger charge is -2.20. The van der Waals surface area contributed by atoms with Crippen molar-refractivity contribution in [1.29, 1.82) is 0 Å². The largest absolute Gasteiger partial charge is 0.326 e. The van der Waals surface area contributed by atoms with Crippen molar-refractivity contribution in [2.75, 3.05) is 0 Å². The molecule has 1 aliphatic rings. The van der Waals surface area contributed by atoms with Crippen LogP contribution in [-0.2, 0) is 19.6 Å². The van der Waals surface area contributed by atoms with E-state index in [0.29, 0.717) is 6.54 Å². The fourth-order valence-corrected chi connectivity index (χ4v) is 3.83. The van der Waals surface area contributed by atoms with Gasteiger partial charge in [-0.05, 0) is 36.4 Å². The van der Waals surface area contributed by atoms with E-state index < -0.39 is 0 Å². The summed E-state index contributed by atoms with van der Waals surface area (Å²) in [6.07, 6.45) is 2.72. The van der Waals surface area contributed by atoms with Gasteiger partial charge in [0.25, 0.3) is 0 Å². The minimum absolute atomic E-state index is 0.666. The van der Waals surface area contributed by atoms with Gasteiger partial charge in [-0.1, -0.05) is 6.07 Å². The molecule has 2 aromatic rings. The molecule has 4 heteroatoms. The van der Waals surface area contributed by atoms with Gasteiger partial charge in [-0.15, -0.1) is 22.7 Å². The summed E-state index contributed by atoms with van der Waals surface area (Å²) in [5.74, 6) is 0. The lowest BCUT2D eigenvalue weighted by atomic mass is 10.3. The Morgan fingerprint density at radius 2 is 1.89 bits per heavy atom. The normalized spacial score (nSPS) is 15.4. The van der Waals surface area contributed by atoms with Crippen molar-refractivity contribution in [2.45, 2.75) is 38.5 Å². The molecule has 3 rings (SSSR count). The van der Waals surface area contributed by atoms with Crippen molar-refractivity contribution < 1.29 is 0 Å². The van der Waals surface area contributed by atoms with Crippen molar-refractivity contribution in [3.63, 3.8) is 0 Å². The third kappa shape index (κ3) is 3.01. The molecule has 1 fully saturated rings. The minimum Gasteiger partial charge on any atom is -0.326 e. The summed E-state index contributed by atoms with van der Waals surface area (Å²) in [7, 11) is 0. The third-order valence-electron chi connectivity index (χ3n) is 3.28. The molecule has 2 N–H and O–H groups in total. The van der Waals surface area contributed by atoms with E-state index in [2.05, 4.69) is 34.5 Å². The lowest BCUT2D eigenvalue weighted by Crippen LogP contribution is -2.24. The van der Waals surface area contributed by atoms with Gasteiger partial charge in [-0.3, -0.25) is 4.90 Å². The van der Waals surface area contributed by atoms with Crippen molar-refractivity contribution >= 4 is 22.7 Å². The average molecular weight is 278 g/mol. The minimum atomic E-state index is 0.666. The number of hydrogen-bond donors (Lipinski definition) is 1. The van der Waals surface area contributed by atoms with Crippen molar-refractivity contribution in [1.82, 2.24) is 4.90 Å². The summed E-state index contributed by atoms with van der Waals surface area (Å²) in [6.45, 7) is 2.84. The molecule has 0 unspecified atom stereocenters. The van der Waals surface area contributed by atoms with Gasteiger partial charge in [0.15, 0.2) is 0 Å². The Balaban J connectivity index is 1.66. The van der Waals surface area contributed by atoms with Crippen LogP contribution in [0.1, 0.15) is 27.5 Å². The molecule has 2 aromatic heterocycles. The summed E-state index contributed by atoms with van der Waals surface area (Å²) < 4.78 is 0. The van der Waals surface area contributed by atoms with Crippen LogP contribution in [0.25, 0.3) is 0 Å². The van der Waals surface area contributed by atoms with Crippen LogP contribution in [0.15, 0.2) is 29.6 Å². The van der Waals surface area contributed by atoms with Crippen molar-refractivity contribution in [3.05, 3.63) is 44.3 Å². The third-order valence-corrected chi connectivity index (χ3v) is 5.23. The van der Waals surface area contributed by atoms with E-state index in [-0.39, 0.29) is 0 Å². The second-order valence-electron chi connectivity index (χ2n) is 4.79. The van der Waals surface area contributed by atoms with E-state index in [4.69, 9.17) is 5.73 Å². The van der Waals surface area contributed by atoms with Gasteiger partial charge in [0.1, 0.15) is 0 Å². The Labute approximate surface area is 116 Å². The number of rotatable bonds is 6. The molecule has 0 saturated heterocycles. The molecule has 1 aliphatic carbocycles. The van der Waals surface area contributed by atoms with Crippen molar-refractivity contribution in [3.8, 4) is 0 Å². The van der Waals surface area contributed by atoms with Crippen LogP contribution in [0.2, 0.25) is 0 Å². The Kier molecular flexibility index (Phi) is 3.80. The van der Waals surface area contributed by atoms with Crippen molar-refractivity contribution in [2.24, 2.45) is 5.73 Å². The van der Waals surface area contributed by atoms with Crippen LogP contribution in [-0.4, -0.2) is 10.9 Å². The maximum absolute atomic E-state index is 5.67. The highest BCUT2D eigenvalue weighted by molar-refractivity contribution is 7.12. The van der Waals surface area contributed by atoms with Gasteiger partial charge in [0.05, 0.1) is 0 Å². The van der Waals surface area contributed by atoms with Crippen LogP contribution in [0.5, 0.6) is 0 Å². The zero-order chi connectivity index (χ0) is 12.4.